The van der Waals surface area contributed by atoms with Gasteiger partial charge in [-0.05, 0) is 49.7 Å². The summed E-state index contributed by atoms with van der Waals surface area (Å²) in [6.45, 7) is 4.75. The van der Waals surface area contributed by atoms with Gasteiger partial charge in [-0.2, -0.15) is 0 Å². The van der Waals surface area contributed by atoms with E-state index < -0.39 is 0 Å². The standard InChI is InChI=1S/C23H21N5O/c1-3-28(18-10-4-7-16(2)15-18)23-25-14-12-20(27-23)22(29)26-19-11-5-8-17-9-6-13-24-21(17)19/h4-15H,3H2,1-2H3,(H,26,29). The average molecular weight is 383 g/mol. The molecule has 0 saturated carbocycles. The van der Waals surface area contributed by atoms with E-state index >= 15 is 0 Å². The minimum Gasteiger partial charge on any atom is -0.319 e. The maximum absolute atomic E-state index is 12.9. The van der Waals surface area contributed by atoms with Crippen LogP contribution >= 0.6 is 0 Å². The molecule has 0 fully saturated rings. The van der Waals surface area contributed by atoms with Crippen LogP contribution < -0.4 is 10.2 Å². The van der Waals surface area contributed by atoms with E-state index in [-0.39, 0.29) is 5.91 Å². The summed E-state index contributed by atoms with van der Waals surface area (Å²) in [6.07, 6.45) is 3.32. The van der Waals surface area contributed by atoms with Crippen molar-refractivity contribution in [3.05, 3.63) is 84.3 Å². The average Bonchev–Trinajstić information content (AvgIpc) is 2.75. The molecule has 0 spiro atoms. The maximum Gasteiger partial charge on any atom is 0.274 e. The Morgan fingerprint density at radius 2 is 1.83 bits per heavy atom. The van der Waals surface area contributed by atoms with Crippen molar-refractivity contribution in [2.45, 2.75) is 13.8 Å². The first kappa shape index (κ1) is 18.6. The van der Waals surface area contributed by atoms with Crippen molar-refractivity contribution in [3.63, 3.8) is 0 Å². The summed E-state index contributed by atoms with van der Waals surface area (Å²) in [6, 6.07) is 19.2. The normalized spacial score (nSPS) is 10.7. The highest BCUT2D eigenvalue weighted by Gasteiger charge is 2.15. The lowest BCUT2D eigenvalue weighted by molar-refractivity contribution is 0.102. The fourth-order valence-electron chi connectivity index (χ4n) is 3.23. The zero-order chi connectivity index (χ0) is 20.2. The molecule has 4 aromatic rings. The third-order valence-electron chi connectivity index (χ3n) is 4.63. The number of anilines is 3. The van der Waals surface area contributed by atoms with Crippen LogP contribution in [-0.2, 0) is 0 Å². The molecule has 0 bridgehead atoms. The van der Waals surface area contributed by atoms with Crippen LogP contribution in [0.4, 0.5) is 17.3 Å². The Labute approximate surface area is 169 Å². The zero-order valence-electron chi connectivity index (χ0n) is 16.3. The van der Waals surface area contributed by atoms with Crippen molar-refractivity contribution in [2.24, 2.45) is 0 Å². The lowest BCUT2D eigenvalue weighted by atomic mass is 10.2. The predicted octanol–water partition coefficient (Wildman–Crippen LogP) is 4.74. The van der Waals surface area contributed by atoms with Crippen LogP contribution in [0.3, 0.4) is 0 Å². The summed E-state index contributed by atoms with van der Waals surface area (Å²) in [7, 11) is 0. The van der Waals surface area contributed by atoms with Crippen LogP contribution in [0.1, 0.15) is 23.0 Å². The van der Waals surface area contributed by atoms with E-state index in [1.165, 1.54) is 0 Å². The van der Waals surface area contributed by atoms with Crippen molar-refractivity contribution in [1.82, 2.24) is 15.0 Å². The molecule has 4 rings (SSSR count). The van der Waals surface area contributed by atoms with Crippen molar-refractivity contribution in [3.8, 4) is 0 Å². The minimum atomic E-state index is -0.299. The number of nitrogens with zero attached hydrogens (tertiary/aromatic N) is 4. The highest BCUT2D eigenvalue weighted by atomic mass is 16.1. The second kappa shape index (κ2) is 8.06. The molecule has 144 valence electrons. The van der Waals surface area contributed by atoms with Crippen LogP contribution in [0.15, 0.2) is 73.1 Å². The molecular formula is C23H21N5O. The molecule has 1 amide bonds. The molecule has 0 radical (unpaired) electrons. The van der Waals surface area contributed by atoms with Crippen molar-refractivity contribution < 1.29 is 4.79 Å². The Hall–Kier alpha value is -3.80. The first-order chi connectivity index (χ1) is 14.2. The number of amides is 1. The summed E-state index contributed by atoms with van der Waals surface area (Å²) in [5, 5.41) is 3.89. The molecule has 0 saturated heterocycles. The number of aryl methyl sites for hydroxylation is 1. The third kappa shape index (κ3) is 3.91. The van der Waals surface area contributed by atoms with E-state index in [2.05, 4.69) is 26.3 Å². The van der Waals surface area contributed by atoms with Crippen LogP contribution in [0.2, 0.25) is 0 Å². The largest absolute Gasteiger partial charge is 0.319 e. The fraction of sp³-hybridized carbons (Fsp3) is 0.130. The van der Waals surface area contributed by atoms with Gasteiger partial charge in [0.2, 0.25) is 5.95 Å². The van der Waals surface area contributed by atoms with Gasteiger partial charge in [0.15, 0.2) is 0 Å². The molecular weight excluding hydrogens is 362 g/mol. The number of hydrogen-bond acceptors (Lipinski definition) is 5. The number of benzene rings is 2. The predicted molar refractivity (Wildman–Crippen MR) is 116 cm³/mol. The van der Waals surface area contributed by atoms with Crippen molar-refractivity contribution >= 4 is 34.1 Å². The van der Waals surface area contributed by atoms with Gasteiger partial charge in [-0.25, -0.2) is 9.97 Å². The van der Waals surface area contributed by atoms with E-state index in [9.17, 15) is 4.79 Å². The third-order valence-corrected chi connectivity index (χ3v) is 4.63. The molecule has 2 aromatic carbocycles. The summed E-state index contributed by atoms with van der Waals surface area (Å²) >= 11 is 0. The molecule has 0 aliphatic rings. The van der Waals surface area contributed by atoms with Gasteiger partial charge in [0.05, 0.1) is 11.2 Å². The number of fused-ring (bicyclic) bond motifs is 1. The Bertz CT molecular complexity index is 1170. The van der Waals surface area contributed by atoms with Gasteiger partial charge in [0.1, 0.15) is 5.69 Å². The SMILES string of the molecule is CCN(c1cccc(C)c1)c1nccc(C(=O)Nc2cccc3cccnc23)n1. The lowest BCUT2D eigenvalue weighted by Crippen LogP contribution is -2.21. The van der Waals surface area contributed by atoms with E-state index in [4.69, 9.17) is 0 Å². The molecule has 0 aliphatic carbocycles. The molecule has 29 heavy (non-hydrogen) atoms. The van der Waals surface area contributed by atoms with Gasteiger partial charge in [-0.15, -0.1) is 0 Å². The van der Waals surface area contributed by atoms with Gasteiger partial charge in [0, 0.05) is 30.0 Å². The number of para-hydroxylation sites is 1. The molecule has 6 nitrogen and oxygen atoms in total. The zero-order valence-corrected chi connectivity index (χ0v) is 16.3. The Balaban J connectivity index is 1.63. The molecule has 0 unspecified atom stereocenters. The first-order valence-electron chi connectivity index (χ1n) is 9.48. The molecule has 1 N–H and O–H groups in total. The van der Waals surface area contributed by atoms with Gasteiger partial charge in [-0.3, -0.25) is 9.78 Å². The Kier molecular flexibility index (Phi) is 5.16. The van der Waals surface area contributed by atoms with Gasteiger partial charge >= 0.3 is 0 Å². The van der Waals surface area contributed by atoms with Crippen LogP contribution in [-0.4, -0.2) is 27.4 Å². The summed E-state index contributed by atoms with van der Waals surface area (Å²) in [4.78, 5) is 28.1. The number of rotatable bonds is 5. The van der Waals surface area contributed by atoms with Gasteiger partial charge < -0.3 is 10.2 Å². The smallest absolute Gasteiger partial charge is 0.274 e. The number of carbonyl (C=O) groups is 1. The molecule has 2 heterocycles. The van der Waals surface area contributed by atoms with E-state index in [1.54, 1.807) is 18.5 Å². The number of aromatic nitrogens is 3. The summed E-state index contributed by atoms with van der Waals surface area (Å²) in [5.41, 5.74) is 3.84. The lowest BCUT2D eigenvalue weighted by Gasteiger charge is -2.21. The Morgan fingerprint density at radius 1 is 1.00 bits per heavy atom. The molecule has 0 aliphatic heterocycles. The van der Waals surface area contributed by atoms with Crippen LogP contribution in [0.5, 0.6) is 0 Å². The molecule has 6 heteroatoms. The molecule has 0 atom stereocenters. The van der Waals surface area contributed by atoms with E-state index in [1.807, 2.05) is 67.3 Å². The number of hydrogen-bond donors (Lipinski definition) is 1. The fourth-order valence-corrected chi connectivity index (χ4v) is 3.23. The monoisotopic (exact) mass is 383 g/mol. The topological polar surface area (TPSA) is 71.0 Å². The van der Waals surface area contributed by atoms with Crippen molar-refractivity contribution in [2.75, 3.05) is 16.8 Å². The quantitative estimate of drug-likeness (QED) is 0.539. The van der Waals surface area contributed by atoms with Crippen LogP contribution in [0.25, 0.3) is 10.9 Å². The maximum atomic E-state index is 12.9. The number of nitrogens with one attached hydrogen (secondary N) is 1. The van der Waals surface area contributed by atoms with E-state index in [0.29, 0.717) is 23.9 Å². The Morgan fingerprint density at radius 3 is 2.66 bits per heavy atom. The first-order valence-corrected chi connectivity index (χ1v) is 9.48. The highest BCUT2D eigenvalue weighted by Crippen LogP contribution is 2.24. The van der Waals surface area contributed by atoms with Gasteiger partial charge in [-0.1, -0.05) is 30.3 Å². The van der Waals surface area contributed by atoms with E-state index in [0.717, 1.165) is 22.2 Å². The highest BCUT2D eigenvalue weighted by molar-refractivity contribution is 6.07. The van der Waals surface area contributed by atoms with Crippen LogP contribution in [0, 0.1) is 6.92 Å². The number of carbonyl (C=O) groups excluding carboxylic acids is 1. The van der Waals surface area contributed by atoms with Crippen molar-refractivity contribution in [1.29, 1.82) is 0 Å². The number of pyridine rings is 1. The second-order valence-electron chi connectivity index (χ2n) is 6.66. The molecule has 2 aromatic heterocycles. The van der Waals surface area contributed by atoms with Gasteiger partial charge in [0.25, 0.3) is 5.91 Å². The summed E-state index contributed by atoms with van der Waals surface area (Å²) in [5.74, 6) is 0.189. The summed E-state index contributed by atoms with van der Waals surface area (Å²) < 4.78 is 0. The minimum absolute atomic E-state index is 0.299. The second-order valence-corrected chi connectivity index (χ2v) is 6.66.